The number of aryl methyl sites for hydroxylation is 2. The lowest BCUT2D eigenvalue weighted by molar-refractivity contribution is 0.328. The van der Waals surface area contributed by atoms with Crippen LogP contribution in [-0.2, 0) is 13.6 Å². The van der Waals surface area contributed by atoms with Gasteiger partial charge in [0.25, 0.3) is 0 Å². The number of hydrogen-bond acceptors (Lipinski definition) is 4. The minimum atomic E-state index is 0.580. The van der Waals surface area contributed by atoms with Gasteiger partial charge in [0.2, 0.25) is 0 Å². The molecule has 0 unspecified atom stereocenters. The molecule has 1 fully saturated rings. The smallest absolute Gasteiger partial charge is 0.113 e. The van der Waals surface area contributed by atoms with Crippen LogP contribution in [0.4, 0.5) is 0 Å². The van der Waals surface area contributed by atoms with Crippen LogP contribution in [0.15, 0.2) is 17.9 Å². The second-order valence-corrected chi connectivity index (χ2v) is 6.01. The molecule has 18 heavy (non-hydrogen) atoms. The maximum Gasteiger partial charge on any atom is 0.113 e. The maximum absolute atomic E-state index is 4.65. The van der Waals surface area contributed by atoms with Gasteiger partial charge in [0.15, 0.2) is 0 Å². The lowest BCUT2D eigenvalue weighted by atomic mass is 10.1. The molecule has 0 saturated carbocycles. The monoisotopic (exact) mass is 262 g/mol. The second kappa shape index (κ2) is 4.82. The molecule has 0 amide bonds. The van der Waals surface area contributed by atoms with Crippen LogP contribution in [0.3, 0.4) is 0 Å². The number of likely N-dealkylation sites (tertiary alicyclic amines) is 1. The van der Waals surface area contributed by atoms with Gasteiger partial charge in [0.1, 0.15) is 5.82 Å². The van der Waals surface area contributed by atoms with Crippen molar-refractivity contribution in [3.8, 4) is 0 Å². The highest BCUT2D eigenvalue weighted by Gasteiger charge is 2.27. The molecule has 0 radical (unpaired) electrons. The van der Waals surface area contributed by atoms with Crippen LogP contribution in [0.2, 0.25) is 0 Å². The highest BCUT2D eigenvalue weighted by molar-refractivity contribution is 7.09. The van der Waals surface area contributed by atoms with Crippen molar-refractivity contribution in [1.29, 1.82) is 0 Å². The van der Waals surface area contributed by atoms with Crippen molar-refractivity contribution in [2.45, 2.75) is 25.8 Å². The Morgan fingerprint density at radius 3 is 3.06 bits per heavy atom. The van der Waals surface area contributed by atoms with Gasteiger partial charge in [-0.2, -0.15) is 0 Å². The average Bonchev–Trinajstić information content (AvgIpc) is 3.01. The van der Waals surface area contributed by atoms with Crippen LogP contribution < -0.4 is 0 Å². The number of nitrogens with zero attached hydrogens (tertiary/aromatic N) is 4. The van der Waals surface area contributed by atoms with Gasteiger partial charge in [0, 0.05) is 43.3 Å². The van der Waals surface area contributed by atoms with Gasteiger partial charge in [-0.25, -0.2) is 4.98 Å². The molecule has 0 aromatic carbocycles. The Labute approximate surface area is 111 Å². The third-order valence-corrected chi connectivity index (χ3v) is 4.30. The summed E-state index contributed by atoms with van der Waals surface area (Å²) in [5, 5.41) is 0. The summed E-state index contributed by atoms with van der Waals surface area (Å²) in [5.41, 5.74) is 3.03. The molecule has 1 atom stereocenters. The summed E-state index contributed by atoms with van der Waals surface area (Å²) >= 11 is 1.74. The standard InChI is InChI=1S/C13H18N4S/c1-10-6-16(2)13(15-10)11-3-4-17(7-11)8-12-5-14-9-18-12/h5-6,9,11H,3-4,7-8H2,1-2H3/t11-/m1/s1. The predicted octanol–water partition coefficient (Wildman–Crippen LogP) is 2.17. The Hall–Kier alpha value is -1.20. The quantitative estimate of drug-likeness (QED) is 0.850. The molecular formula is C13H18N4S. The molecule has 3 rings (SSSR count). The lowest BCUT2D eigenvalue weighted by Gasteiger charge is -2.14. The summed E-state index contributed by atoms with van der Waals surface area (Å²) < 4.78 is 2.18. The van der Waals surface area contributed by atoms with Crippen LogP contribution in [-0.4, -0.2) is 32.5 Å². The van der Waals surface area contributed by atoms with Crippen LogP contribution in [0, 0.1) is 6.92 Å². The fourth-order valence-electron chi connectivity index (χ4n) is 2.74. The summed E-state index contributed by atoms with van der Waals surface area (Å²) in [7, 11) is 2.10. The number of hydrogen-bond donors (Lipinski definition) is 0. The highest BCUT2D eigenvalue weighted by Crippen LogP contribution is 2.27. The number of imidazole rings is 1. The first-order chi connectivity index (χ1) is 8.72. The van der Waals surface area contributed by atoms with E-state index >= 15 is 0 Å². The number of aromatic nitrogens is 3. The van der Waals surface area contributed by atoms with E-state index in [1.807, 2.05) is 11.7 Å². The zero-order chi connectivity index (χ0) is 12.5. The van der Waals surface area contributed by atoms with E-state index in [1.165, 1.54) is 17.1 Å². The normalized spacial score (nSPS) is 20.7. The van der Waals surface area contributed by atoms with Crippen LogP contribution in [0.25, 0.3) is 0 Å². The maximum atomic E-state index is 4.65. The van der Waals surface area contributed by atoms with Crippen molar-refractivity contribution < 1.29 is 0 Å². The van der Waals surface area contributed by atoms with Crippen LogP contribution in [0.5, 0.6) is 0 Å². The zero-order valence-corrected chi connectivity index (χ0v) is 11.7. The molecule has 0 aliphatic carbocycles. The lowest BCUT2D eigenvalue weighted by Crippen LogP contribution is -2.19. The summed E-state index contributed by atoms with van der Waals surface area (Å²) in [4.78, 5) is 12.6. The fraction of sp³-hybridized carbons (Fsp3) is 0.538. The Bertz CT molecular complexity index is 517. The molecule has 3 heterocycles. The third kappa shape index (κ3) is 2.33. The molecule has 4 nitrogen and oxygen atoms in total. The molecule has 1 saturated heterocycles. The summed E-state index contributed by atoms with van der Waals surface area (Å²) in [6.07, 6.45) is 5.30. The average molecular weight is 262 g/mol. The van der Waals surface area contributed by atoms with Gasteiger partial charge in [-0.15, -0.1) is 11.3 Å². The first kappa shape index (κ1) is 11.9. The Morgan fingerprint density at radius 1 is 1.50 bits per heavy atom. The molecule has 2 aromatic rings. The van der Waals surface area contributed by atoms with E-state index in [0.29, 0.717) is 5.92 Å². The summed E-state index contributed by atoms with van der Waals surface area (Å²) in [6.45, 7) is 5.37. The van der Waals surface area contributed by atoms with E-state index in [1.54, 1.807) is 11.3 Å². The zero-order valence-electron chi connectivity index (χ0n) is 10.8. The summed E-state index contributed by atoms with van der Waals surface area (Å²) in [6, 6.07) is 0. The van der Waals surface area contributed by atoms with E-state index in [4.69, 9.17) is 0 Å². The van der Waals surface area contributed by atoms with Crippen LogP contribution in [0.1, 0.15) is 28.7 Å². The molecule has 0 spiro atoms. The van der Waals surface area contributed by atoms with E-state index in [0.717, 1.165) is 25.3 Å². The first-order valence-electron chi connectivity index (χ1n) is 6.32. The second-order valence-electron chi connectivity index (χ2n) is 5.04. The van der Waals surface area contributed by atoms with Crippen molar-refractivity contribution >= 4 is 11.3 Å². The molecular weight excluding hydrogens is 244 g/mol. The van der Waals surface area contributed by atoms with Gasteiger partial charge in [-0.3, -0.25) is 9.88 Å². The molecule has 1 aliphatic heterocycles. The molecule has 5 heteroatoms. The largest absolute Gasteiger partial charge is 0.337 e. The van der Waals surface area contributed by atoms with Crippen molar-refractivity contribution in [1.82, 2.24) is 19.4 Å². The fourth-order valence-corrected chi connectivity index (χ4v) is 3.38. The predicted molar refractivity (Wildman–Crippen MR) is 72.7 cm³/mol. The Morgan fingerprint density at radius 2 is 2.39 bits per heavy atom. The number of rotatable bonds is 3. The van der Waals surface area contributed by atoms with Gasteiger partial charge >= 0.3 is 0 Å². The van der Waals surface area contributed by atoms with Crippen LogP contribution >= 0.6 is 11.3 Å². The molecule has 0 N–H and O–H groups in total. The van der Waals surface area contributed by atoms with Crippen molar-refractivity contribution in [2.24, 2.45) is 7.05 Å². The van der Waals surface area contributed by atoms with E-state index in [-0.39, 0.29) is 0 Å². The molecule has 1 aliphatic rings. The molecule has 2 aromatic heterocycles. The minimum absolute atomic E-state index is 0.580. The van der Waals surface area contributed by atoms with Crippen molar-refractivity contribution in [3.63, 3.8) is 0 Å². The Kier molecular flexibility index (Phi) is 3.18. The molecule has 0 bridgehead atoms. The van der Waals surface area contributed by atoms with E-state index < -0.39 is 0 Å². The van der Waals surface area contributed by atoms with E-state index in [9.17, 15) is 0 Å². The SMILES string of the molecule is Cc1cn(C)c([C@@H]2CCN(Cc3cncs3)C2)n1. The van der Waals surface area contributed by atoms with Gasteiger partial charge in [0.05, 0.1) is 11.2 Å². The highest BCUT2D eigenvalue weighted by atomic mass is 32.1. The third-order valence-electron chi connectivity index (χ3n) is 3.53. The van der Waals surface area contributed by atoms with Gasteiger partial charge < -0.3 is 4.57 Å². The van der Waals surface area contributed by atoms with E-state index in [2.05, 4.69) is 39.6 Å². The van der Waals surface area contributed by atoms with Crippen molar-refractivity contribution in [3.05, 3.63) is 34.3 Å². The first-order valence-corrected chi connectivity index (χ1v) is 7.20. The topological polar surface area (TPSA) is 34.0 Å². The molecule has 96 valence electrons. The Balaban J connectivity index is 1.66. The van der Waals surface area contributed by atoms with Gasteiger partial charge in [-0.05, 0) is 19.9 Å². The summed E-state index contributed by atoms with van der Waals surface area (Å²) in [5.74, 6) is 1.82. The number of thiazole rings is 1. The van der Waals surface area contributed by atoms with Crippen molar-refractivity contribution in [2.75, 3.05) is 13.1 Å². The minimum Gasteiger partial charge on any atom is -0.337 e. The van der Waals surface area contributed by atoms with Gasteiger partial charge in [-0.1, -0.05) is 0 Å².